The Labute approximate surface area is 167 Å². The minimum Gasteiger partial charge on any atom is -0.354 e. The highest BCUT2D eigenvalue weighted by molar-refractivity contribution is 7.89. The van der Waals surface area contributed by atoms with Crippen LogP contribution in [-0.4, -0.2) is 67.8 Å². The number of carbonyl (C=O) groups excluding carboxylic acids is 2. The van der Waals surface area contributed by atoms with Crippen LogP contribution in [0.2, 0.25) is 0 Å². The fourth-order valence-electron chi connectivity index (χ4n) is 2.89. The maximum Gasteiger partial charge on any atom is 0.317 e. The number of hydrogen-bond acceptors (Lipinski definition) is 4. The van der Waals surface area contributed by atoms with Crippen molar-refractivity contribution in [2.24, 2.45) is 0 Å². The van der Waals surface area contributed by atoms with Gasteiger partial charge in [0.25, 0.3) is 0 Å². The lowest BCUT2D eigenvalue weighted by Gasteiger charge is -2.29. The van der Waals surface area contributed by atoms with E-state index >= 15 is 0 Å². The van der Waals surface area contributed by atoms with E-state index in [2.05, 4.69) is 10.6 Å². The second-order valence-corrected chi connectivity index (χ2v) is 9.78. The summed E-state index contributed by atoms with van der Waals surface area (Å²) in [5, 5.41) is 5.67. The topological polar surface area (TPSA) is 98.8 Å². The summed E-state index contributed by atoms with van der Waals surface area (Å²) < 4.78 is 27.2. The van der Waals surface area contributed by atoms with Crippen molar-refractivity contribution in [2.45, 2.75) is 44.0 Å². The van der Waals surface area contributed by atoms with Gasteiger partial charge in [-0.05, 0) is 39.3 Å². The fraction of sp³-hybridized carbons (Fsp3) is 0.579. The summed E-state index contributed by atoms with van der Waals surface area (Å²) >= 11 is 0. The molecule has 1 aliphatic rings. The standard InChI is InChI=1S/C19H30N4O4S/c1-19(2,3)21-18(25)22-12-7-13-23(14-10-17(24)20-11-15-22)28(26,27)16-8-5-4-6-9-16/h4-6,8-9H,7,10-15H2,1-3H3,(H,20,24)(H,21,25). The summed E-state index contributed by atoms with van der Waals surface area (Å²) in [6.07, 6.45) is 0.568. The highest BCUT2D eigenvalue weighted by Gasteiger charge is 2.26. The van der Waals surface area contributed by atoms with Crippen molar-refractivity contribution in [3.8, 4) is 0 Å². The Hall–Kier alpha value is -2.13. The van der Waals surface area contributed by atoms with Crippen LogP contribution in [-0.2, 0) is 14.8 Å². The molecule has 2 N–H and O–H groups in total. The monoisotopic (exact) mass is 410 g/mol. The smallest absolute Gasteiger partial charge is 0.317 e. The highest BCUT2D eigenvalue weighted by Crippen LogP contribution is 2.16. The van der Waals surface area contributed by atoms with Crippen molar-refractivity contribution in [3.05, 3.63) is 30.3 Å². The van der Waals surface area contributed by atoms with E-state index in [1.165, 1.54) is 4.31 Å². The number of urea groups is 1. The third-order valence-electron chi connectivity index (χ3n) is 4.28. The molecular weight excluding hydrogens is 380 g/mol. The molecule has 156 valence electrons. The van der Waals surface area contributed by atoms with Gasteiger partial charge >= 0.3 is 6.03 Å². The van der Waals surface area contributed by atoms with Crippen LogP contribution in [0, 0.1) is 0 Å². The Balaban J connectivity index is 2.15. The molecule has 0 atom stereocenters. The van der Waals surface area contributed by atoms with Crippen LogP contribution in [0.5, 0.6) is 0 Å². The van der Waals surface area contributed by atoms with E-state index in [9.17, 15) is 18.0 Å². The molecule has 0 bridgehead atoms. The summed E-state index contributed by atoms with van der Waals surface area (Å²) in [7, 11) is -3.70. The summed E-state index contributed by atoms with van der Waals surface area (Å²) in [4.78, 5) is 26.4. The van der Waals surface area contributed by atoms with Crippen molar-refractivity contribution >= 4 is 22.0 Å². The average molecular weight is 411 g/mol. The van der Waals surface area contributed by atoms with Crippen LogP contribution in [0.4, 0.5) is 4.79 Å². The second-order valence-electron chi connectivity index (χ2n) is 7.84. The molecule has 0 spiro atoms. The molecule has 9 heteroatoms. The zero-order valence-electron chi connectivity index (χ0n) is 16.8. The molecule has 1 fully saturated rings. The van der Waals surface area contributed by atoms with E-state index in [-0.39, 0.29) is 41.9 Å². The lowest BCUT2D eigenvalue weighted by atomic mass is 10.1. The Bertz CT molecular complexity index is 775. The van der Waals surface area contributed by atoms with E-state index in [0.717, 1.165) is 0 Å². The zero-order valence-corrected chi connectivity index (χ0v) is 17.6. The van der Waals surface area contributed by atoms with Crippen molar-refractivity contribution < 1.29 is 18.0 Å². The van der Waals surface area contributed by atoms with Gasteiger partial charge in [0.05, 0.1) is 4.90 Å². The molecule has 1 saturated heterocycles. The SMILES string of the molecule is CC(C)(C)NC(=O)N1CCCN(S(=O)(=O)c2ccccc2)CCC(=O)NCC1. The number of amides is 3. The van der Waals surface area contributed by atoms with Gasteiger partial charge in [-0.3, -0.25) is 4.79 Å². The lowest BCUT2D eigenvalue weighted by Crippen LogP contribution is -2.50. The molecule has 1 aromatic rings. The van der Waals surface area contributed by atoms with Gasteiger partial charge in [-0.25, -0.2) is 13.2 Å². The molecule has 0 aromatic heterocycles. The first-order valence-electron chi connectivity index (χ1n) is 9.48. The van der Waals surface area contributed by atoms with Crippen LogP contribution in [0.3, 0.4) is 0 Å². The molecule has 1 aliphatic heterocycles. The maximum atomic E-state index is 12.9. The molecular formula is C19H30N4O4S. The lowest BCUT2D eigenvalue weighted by molar-refractivity contribution is -0.121. The first-order valence-corrected chi connectivity index (χ1v) is 10.9. The van der Waals surface area contributed by atoms with Gasteiger partial charge in [-0.15, -0.1) is 0 Å². The number of nitrogens with zero attached hydrogens (tertiary/aromatic N) is 2. The third kappa shape index (κ3) is 6.49. The van der Waals surface area contributed by atoms with Crippen molar-refractivity contribution in [1.29, 1.82) is 0 Å². The van der Waals surface area contributed by atoms with E-state index in [1.54, 1.807) is 35.2 Å². The van der Waals surface area contributed by atoms with Crippen molar-refractivity contribution in [3.63, 3.8) is 0 Å². The van der Waals surface area contributed by atoms with Gasteiger partial charge in [0.1, 0.15) is 0 Å². The summed E-state index contributed by atoms with van der Waals surface area (Å²) in [5.74, 6) is -0.230. The van der Waals surface area contributed by atoms with Gasteiger partial charge in [0.15, 0.2) is 0 Å². The van der Waals surface area contributed by atoms with Crippen LogP contribution >= 0.6 is 0 Å². The van der Waals surface area contributed by atoms with Crippen molar-refractivity contribution in [2.75, 3.05) is 32.7 Å². The van der Waals surface area contributed by atoms with Crippen LogP contribution in [0.25, 0.3) is 0 Å². The summed E-state index contributed by atoms with van der Waals surface area (Å²) in [5.41, 5.74) is -0.380. The predicted molar refractivity (Wildman–Crippen MR) is 107 cm³/mol. The van der Waals surface area contributed by atoms with Gasteiger partial charge in [-0.2, -0.15) is 4.31 Å². The number of rotatable bonds is 2. The van der Waals surface area contributed by atoms with Gasteiger partial charge in [0.2, 0.25) is 15.9 Å². The molecule has 2 rings (SSSR count). The number of carbonyl (C=O) groups is 2. The minimum atomic E-state index is -3.70. The molecule has 0 unspecified atom stereocenters. The average Bonchev–Trinajstić information content (AvgIpc) is 2.65. The normalized spacial score (nSPS) is 18.1. The Kier molecular flexibility index (Phi) is 7.42. The number of nitrogens with one attached hydrogen (secondary N) is 2. The largest absolute Gasteiger partial charge is 0.354 e. The fourth-order valence-corrected chi connectivity index (χ4v) is 4.39. The van der Waals surface area contributed by atoms with E-state index in [0.29, 0.717) is 26.1 Å². The molecule has 1 aromatic carbocycles. The summed E-state index contributed by atoms with van der Waals surface area (Å²) in [6.45, 7) is 7.15. The molecule has 3 amide bonds. The van der Waals surface area contributed by atoms with Crippen LogP contribution < -0.4 is 10.6 Å². The Morgan fingerprint density at radius 1 is 1.07 bits per heavy atom. The van der Waals surface area contributed by atoms with Crippen molar-refractivity contribution in [1.82, 2.24) is 19.8 Å². The number of benzene rings is 1. The van der Waals surface area contributed by atoms with E-state index in [4.69, 9.17) is 0 Å². The maximum absolute atomic E-state index is 12.9. The zero-order chi connectivity index (χ0) is 20.8. The first kappa shape index (κ1) is 22.2. The Morgan fingerprint density at radius 2 is 1.75 bits per heavy atom. The van der Waals surface area contributed by atoms with E-state index < -0.39 is 10.0 Å². The van der Waals surface area contributed by atoms with Crippen LogP contribution in [0.1, 0.15) is 33.6 Å². The Morgan fingerprint density at radius 3 is 2.39 bits per heavy atom. The number of hydrogen-bond donors (Lipinski definition) is 2. The summed E-state index contributed by atoms with van der Waals surface area (Å²) in [6, 6.07) is 7.96. The van der Waals surface area contributed by atoms with Crippen LogP contribution in [0.15, 0.2) is 35.2 Å². The first-order chi connectivity index (χ1) is 13.1. The molecule has 8 nitrogen and oxygen atoms in total. The van der Waals surface area contributed by atoms with Gasteiger partial charge in [-0.1, -0.05) is 18.2 Å². The molecule has 0 aliphatic carbocycles. The predicted octanol–water partition coefficient (Wildman–Crippen LogP) is 1.40. The second kappa shape index (κ2) is 9.38. The molecule has 1 heterocycles. The van der Waals surface area contributed by atoms with Gasteiger partial charge < -0.3 is 15.5 Å². The van der Waals surface area contributed by atoms with Gasteiger partial charge in [0, 0.05) is 44.7 Å². The minimum absolute atomic E-state index is 0.0836. The quantitative estimate of drug-likeness (QED) is 0.770. The molecule has 0 saturated carbocycles. The van der Waals surface area contributed by atoms with E-state index in [1.807, 2.05) is 20.8 Å². The molecule has 28 heavy (non-hydrogen) atoms. The molecule has 0 radical (unpaired) electrons. The third-order valence-corrected chi connectivity index (χ3v) is 6.19. The highest BCUT2D eigenvalue weighted by atomic mass is 32.2. The number of sulfonamides is 1.